The van der Waals surface area contributed by atoms with E-state index < -0.39 is 12.1 Å². The number of anilines is 1. The number of carbonyl (C=O) groups excluding carboxylic acids is 2. The zero-order chi connectivity index (χ0) is 15.2. The smallest absolute Gasteiger partial charge is 0.335 e. The van der Waals surface area contributed by atoms with Crippen LogP contribution in [0.2, 0.25) is 0 Å². The summed E-state index contributed by atoms with van der Waals surface area (Å²) in [6.07, 6.45) is 1.01. The van der Waals surface area contributed by atoms with Gasteiger partial charge < -0.3 is 14.8 Å². The van der Waals surface area contributed by atoms with E-state index in [9.17, 15) is 9.59 Å². The second kappa shape index (κ2) is 7.22. The fraction of sp³-hybridized carbons (Fsp3) is 0.500. The van der Waals surface area contributed by atoms with Crippen LogP contribution in [0.5, 0.6) is 0 Å². The van der Waals surface area contributed by atoms with Gasteiger partial charge in [0.25, 0.3) is 5.91 Å². The van der Waals surface area contributed by atoms with Gasteiger partial charge in [-0.15, -0.1) is 0 Å². The van der Waals surface area contributed by atoms with Crippen molar-refractivity contribution in [3.63, 3.8) is 0 Å². The van der Waals surface area contributed by atoms with Crippen LogP contribution < -0.4 is 5.32 Å². The summed E-state index contributed by atoms with van der Waals surface area (Å²) in [7, 11) is 0. The monoisotopic (exact) mass is 291 g/mol. The summed E-state index contributed by atoms with van der Waals surface area (Å²) in [5.41, 5.74) is 1.81. The third kappa shape index (κ3) is 4.29. The highest BCUT2D eigenvalue weighted by Gasteiger charge is 2.25. The molecule has 0 aromatic heterocycles. The van der Waals surface area contributed by atoms with Crippen molar-refractivity contribution in [2.24, 2.45) is 0 Å². The predicted molar refractivity (Wildman–Crippen MR) is 79.1 cm³/mol. The van der Waals surface area contributed by atoms with Crippen LogP contribution in [0.15, 0.2) is 24.3 Å². The topological polar surface area (TPSA) is 64.6 Å². The fourth-order valence-corrected chi connectivity index (χ4v) is 2.29. The minimum absolute atomic E-state index is 0.287. The van der Waals surface area contributed by atoms with Crippen LogP contribution in [0.1, 0.15) is 38.2 Å². The second-order valence-electron chi connectivity index (χ2n) is 5.40. The molecule has 2 rings (SSSR count). The Labute approximate surface area is 124 Å². The van der Waals surface area contributed by atoms with Crippen molar-refractivity contribution in [1.82, 2.24) is 0 Å². The van der Waals surface area contributed by atoms with Gasteiger partial charge in [-0.05, 0) is 30.4 Å². The molecule has 0 aliphatic carbocycles. The number of rotatable bonds is 5. The highest BCUT2D eigenvalue weighted by atomic mass is 16.6. The van der Waals surface area contributed by atoms with Crippen molar-refractivity contribution in [2.45, 2.75) is 38.7 Å². The van der Waals surface area contributed by atoms with E-state index in [2.05, 4.69) is 19.2 Å². The molecule has 0 saturated carbocycles. The average molecular weight is 291 g/mol. The van der Waals surface area contributed by atoms with Crippen LogP contribution in [0, 0.1) is 0 Å². The zero-order valence-corrected chi connectivity index (χ0v) is 12.4. The first-order valence-electron chi connectivity index (χ1n) is 7.25. The molecule has 0 radical (unpaired) electrons. The number of esters is 1. The molecule has 0 bridgehead atoms. The summed E-state index contributed by atoms with van der Waals surface area (Å²) in [5.74, 6) is -0.495. The molecule has 0 spiro atoms. The number of nitrogens with one attached hydrogen (secondary N) is 1. The molecule has 1 heterocycles. The summed E-state index contributed by atoms with van der Waals surface area (Å²) in [6.45, 7) is 4.41. The summed E-state index contributed by atoms with van der Waals surface area (Å²) >= 11 is 0. The molecule has 1 unspecified atom stereocenters. The molecule has 1 aromatic carbocycles. The van der Waals surface area contributed by atoms with Crippen LogP contribution in [-0.4, -0.2) is 31.2 Å². The maximum absolute atomic E-state index is 11.9. The van der Waals surface area contributed by atoms with E-state index >= 15 is 0 Å². The first-order valence-corrected chi connectivity index (χ1v) is 7.25. The SMILES string of the molecule is CC(C)c1ccccc1NC(=O)COC(=O)C1CCCO1. The lowest BCUT2D eigenvalue weighted by atomic mass is 10.0. The van der Waals surface area contributed by atoms with Gasteiger partial charge in [0.2, 0.25) is 0 Å². The third-order valence-electron chi connectivity index (χ3n) is 3.39. The number of benzene rings is 1. The molecular weight excluding hydrogens is 270 g/mol. The molecule has 1 aromatic rings. The second-order valence-corrected chi connectivity index (χ2v) is 5.40. The van der Waals surface area contributed by atoms with Gasteiger partial charge >= 0.3 is 5.97 Å². The molecule has 1 aliphatic heterocycles. The van der Waals surface area contributed by atoms with Crippen LogP contribution in [-0.2, 0) is 19.1 Å². The molecule has 114 valence electrons. The normalized spacial score (nSPS) is 17.8. The Balaban J connectivity index is 1.86. The molecule has 1 fully saturated rings. The Morgan fingerprint density at radius 1 is 1.38 bits per heavy atom. The van der Waals surface area contributed by atoms with E-state index in [1.165, 1.54) is 0 Å². The Bertz CT molecular complexity index is 507. The number of amides is 1. The van der Waals surface area contributed by atoms with E-state index in [1.54, 1.807) is 0 Å². The van der Waals surface area contributed by atoms with Crippen molar-refractivity contribution in [3.05, 3.63) is 29.8 Å². The van der Waals surface area contributed by atoms with Crippen LogP contribution in [0.25, 0.3) is 0 Å². The van der Waals surface area contributed by atoms with Gasteiger partial charge in [0.15, 0.2) is 12.7 Å². The summed E-state index contributed by atoms with van der Waals surface area (Å²) < 4.78 is 10.2. The average Bonchev–Trinajstić information content (AvgIpc) is 2.99. The first kappa shape index (κ1) is 15.5. The first-order chi connectivity index (χ1) is 10.1. The summed E-state index contributed by atoms with van der Waals surface area (Å²) in [5, 5.41) is 2.78. The molecular formula is C16H21NO4. The molecule has 1 saturated heterocycles. The van der Waals surface area contributed by atoms with Gasteiger partial charge in [-0.25, -0.2) is 4.79 Å². The van der Waals surface area contributed by atoms with Crippen molar-refractivity contribution in [2.75, 3.05) is 18.5 Å². The largest absolute Gasteiger partial charge is 0.454 e. The van der Waals surface area contributed by atoms with E-state index in [4.69, 9.17) is 9.47 Å². The maximum Gasteiger partial charge on any atom is 0.335 e. The molecule has 1 atom stereocenters. The van der Waals surface area contributed by atoms with E-state index in [-0.39, 0.29) is 12.5 Å². The van der Waals surface area contributed by atoms with Crippen molar-refractivity contribution < 1.29 is 19.1 Å². The lowest BCUT2D eigenvalue weighted by Crippen LogP contribution is -2.27. The van der Waals surface area contributed by atoms with Gasteiger partial charge in [-0.3, -0.25) is 4.79 Å². The number of hydrogen-bond donors (Lipinski definition) is 1. The number of hydrogen-bond acceptors (Lipinski definition) is 4. The minimum Gasteiger partial charge on any atom is -0.454 e. The molecule has 1 N–H and O–H groups in total. The fourth-order valence-electron chi connectivity index (χ4n) is 2.29. The number of ether oxygens (including phenoxy) is 2. The van der Waals surface area contributed by atoms with Crippen LogP contribution in [0.3, 0.4) is 0 Å². The number of carbonyl (C=O) groups is 2. The molecule has 1 amide bonds. The quantitative estimate of drug-likeness (QED) is 0.846. The lowest BCUT2D eigenvalue weighted by molar-refractivity contribution is -0.156. The van der Waals surface area contributed by atoms with Crippen LogP contribution in [0.4, 0.5) is 5.69 Å². The van der Waals surface area contributed by atoms with Gasteiger partial charge in [-0.1, -0.05) is 32.0 Å². The maximum atomic E-state index is 11.9. The van der Waals surface area contributed by atoms with Gasteiger partial charge in [0, 0.05) is 12.3 Å². The molecule has 5 heteroatoms. The Hall–Kier alpha value is -1.88. The third-order valence-corrected chi connectivity index (χ3v) is 3.39. The molecule has 5 nitrogen and oxygen atoms in total. The predicted octanol–water partition coefficient (Wildman–Crippen LogP) is 2.47. The van der Waals surface area contributed by atoms with E-state index in [0.29, 0.717) is 18.9 Å². The Kier molecular flexibility index (Phi) is 5.33. The standard InChI is InChI=1S/C16H21NO4/c1-11(2)12-6-3-4-7-13(12)17-15(18)10-21-16(19)14-8-5-9-20-14/h3-4,6-7,11,14H,5,8-10H2,1-2H3,(H,17,18). The van der Waals surface area contributed by atoms with Crippen molar-refractivity contribution >= 4 is 17.6 Å². The highest BCUT2D eigenvalue weighted by molar-refractivity contribution is 5.93. The van der Waals surface area contributed by atoms with E-state index in [0.717, 1.165) is 17.7 Å². The zero-order valence-electron chi connectivity index (χ0n) is 12.4. The van der Waals surface area contributed by atoms with Gasteiger partial charge in [0.1, 0.15) is 0 Å². The Morgan fingerprint density at radius 2 is 2.14 bits per heavy atom. The van der Waals surface area contributed by atoms with Crippen LogP contribution >= 0.6 is 0 Å². The van der Waals surface area contributed by atoms with E-state index in [1.807, 2.05) is 24.3 Å². The van der Waals surface area contributed by atoms with Crippen molar-refractivity contribution in [1.29, 1.82) is 0 Å². The summed E-state index contributed by atoms with van der Waals surface area (Å²) in [4.78, 5) is 23.5. The van der Waals surface area contributed by atoms with Gasteiger partial charge in [0.05, 0.1) is 0 Å². The lowest BCUT2D eigenvalue weighted by Gasteiger charge is -2.14. The summed E-state index contributed by atoms with van der Waals surface area (Å²) in [6, 6.07) is 7.61. The number of para-hydroxylation sites is 1. The molecule has 21 heavy (non-hydrogen) atoms. The van der Waals surface area contributed by atoms with Gasteiger partial charge in [-0.2, -0.15) is 0 Å². The minimum atomic E-state index is -0.513. The van der Waals surface area contributed by atoms with Crippen molar-refractivity contribution in [3.8, 4) is 0 Å². The highest BCUT2D eigenvalue weighted by Crippen LogP contribution is 2.23. The molecule has 1 aliphatic rings. The Morgan fingerprint density at radius 3 is 2.81 bits per heavy atom.